The fraction of sp³-hybridized carbons (Fsp3) is 0.588. The lowest BCUT2D eigenvalue weighted by atomic mass is 9.93. The van der Waals surface area contributed by atoms with Crippen LogP contribution in [0, 0.1) is 5.92 Å². The van der Waals surface area contributed by atoms with Crippen LogP contribution < -0.4 is 0 Å². The van der Waals surface area contributed by atoms with E-state index in [1.54, 1.807) is 19.2 Å². The Morgan fingerprint density at radius 2 is 2.27 bits per heavy atom. The van der Waals surface area contributed by atoms with Gasteiger partial charge in [0.15, 0.2) is 0 Å². The van der Waals surface area contributed by atoms with Gasteiger partial charge in [-0.2, -0.15) is 0 Å². The first kappa shape index (κ1) is 16.8. The lowest BCUT2D eigenvalue weighted by Crippen LogP contribution is -2.35. The first-order chi connectivity index (χ1) is 10.6. The van der Waals surface area contributed by atoms with Crippen molar-refractivity contribution in [3.8, 4) is 5.75 Å². The highest BCUT2D eigenvalue weighted by atomic mass is 16.5. The summed E-state index contributed by atoms with van der Waals surface area (Å²) in [6, 6.07) is 4.85. The number of hydrogen-bond donors (Lipinski definition) is 2. The molecule has 0 bridgehead atoms. The number of piperidine rings is 1. The molecule has 0 aromatic heterocycles. The van der Waals surface area contributed by atoms with Crippen LogP contribution in [0.4, 0.5) is 0 Å². The number of hydrogen-bond acceptors (Lipinski definition) is 4. The summed E-state index contributed by atoms with van der Waals surface area (Å²) in [5.41, 5.74) is 0.916. The van der Waals surface area contributed by atoms with Gasteiger partial charge in [0, 0.05) is 26.8 Å². The van der Waals surface area contributed by atoms with Gasteiger partial charge >= 0.3 is 5.97 Å². The molecule has 1 aromatic carbocycles. The topological polar surface area (TPSA) is 70.0 Å². The third-order valence-corrected chi connectivity index (χ3v) is 4.26. The summed E-state index contributed by atoms with van der Waals surface area (Å²) in [6.07, 6.45) is 4.72. The standard InChI is InChI=1S/C17H25NO4/c1-22-9-3-5-13-4-2-8-18(11-13)12-14-6-7-16(19)15(10-14)17(20)21/h6-7,10,13,19H,2-5,8-9,11-12H2,1H3,(H,20,21). The summed E-state index contributed by atoms with van der Waals surface area (Å²) in [5.74, 6) is -0.567. The smallest absolute Gasteiger partial charge is 0.339 e. The fourth-order valence-electron chi connectivity index (χ4n) is 3.16. The molecule has 5 nitrogen and oxygen atoms in total. The lowest BCUT2D eigenvalue weighted by Gasteiger charge is -2.32. The van der Waals surface area contributed by atoms with E-state index < -0.39 is 5.97 Å². The summed E-state index contributed by atoms with van der Waals surface area (Å²) < 4.78 is 5.11. The van der Waals surface area contributed by atoms with Crippen molar-refractivity contribution in [3.63, 3.8) is 0 Å². The van der Waals surface area contributed by atoms with Crippen molar-refractivity contribution in [2.75, 3.05) is 26.8 Å². The zero-order valence-corrected chi connectivity index (χ0v) is 13.1. The monoisotopic (exact) mass is 307 g/mol. The van der Waals surface area contributed by atoms with Gasteiger partial charge < -0.3 is 14.9 Å². The number of carboxylic acid groups (broad SMARTS) is 1. The Kier molecular flexibility index (Phi) is 6.21. The summed E-state index contributed by atoms with van der Waals surface area (Å²) in [5, 5.41) is 18.6. The fourth-order valence-corrected chi connectivity index (χ4v) is 3.16. The number of nitrogens with zero attached hydrogens (tertiary/aromatic N) is 1. The first-order valence-corrected chi connectivity index (χ1v) is 7.86. The van der Waals surface area contributed by atoms with Crippen LogP contribution in [0.15, 0.2) is 18.2 Å². The van der Waals surface area contributed by atoms with Crippen LogP contribution in [-0.4, -0.2) is 47.9 Å². The maximum atomic E-state index is 11.1. The molecule has 0 radical (unpaired) electrons. The molecule has 5 heteroatoms. The number of carboxylic acids is 1. The highest BCUT2D eigenvalue weighted by Crippen LogP contribution is 2.24. The number of aromatic hydroxyl groups is 1. The third kappa shape index (κ3) is 4.71. The number of likely N-dealkylation sites (tertiary alicyclic amines) is 1. The molecule has 1 fully saturated rings. The van der Waals surface area contributed by atoms with Crippen LogP contribution >= 0.6 is 0 Å². The minimum Gasteiger partial charge on any atom is -0.507 e. The summed E-state index contributed by atoms with van der Waals surface area (Å²) >= 11 is 0. The second-order valence-electron chi connectivity index (χ2n) is 6.04. The van der Waals surface area contributed by atoms with Crippen LogP contribution in [0.5, 0.6) is 5.75 Å². The second-order valence-corrected chi connectivity index (χ2v) is 6.04. The van der Waals surface area contributed by atoms with E-state index in [1.807, 2.05) is 0 Å². The molecule has 1 aliphatic heterocycles. The van der Waals surface area contributed by atoms with Gasteiger partial charge in [0.2, 0.25) is 0 Å². The van der Waals surface area contributed by atoms with Gasteiger partial charge in [-0.05, 0) is 55.8 Å². The van der Waals surface area contributed by atoms with Crippen molar-refractivity contribution in [1.29, 1.82) is 0 Å². The highest BCUT2D eigenvalue weighted by molar-refractivity contribution is 5.90. The molecule has 1 aromatic rings. The minimum absolute atomic E-state index is 0.0221. The molecule has 2 N–H and O–H groups in total. The maximum Gasteiger partial charge on any atom is 0.339 e. The van der Waals surface area contributed by atoms with E-state index >= 15 is 0 Å². The van der Waals surface area contributed by atoms with E-state index in [9.17, 15) is 9.90 Å². The number of ether oxygens (including phenoxy) is 1. The first-order valence-electron chi connectivity index (χ1n) is 7.86. The van der Waals surface area contributed by atoms with Crippen molar-refractivity contribution in [3.05, 3.63) is 29.3 Å². The van der Waals surface area contributed by atoms with Crippen molar-refractivity contribution in [2.24, 2.45) is 5.92 Å². The van der Waals surface area contributed by atoms with Gasteiger partial charge in [-0.3, -0.25) is 4.90 Å². The Labute approximate surface area is 131 Å². The maximum absolute atomic E-state index is 11.1. The summed E-state index contributed by atoms with van der Waals surface area (Å²) in [6.45, 7) is 3.65. The number of benzene rings is 1. The van der Waals surface area contributed by atoms with Crippen LogP contribution in [0.1, 0.15) is 41.6 Å². The number of aromatic carboxylic acids is 1. The number of rotatable bonds is 7. The Morgan fingerprint density at radius 1 is 1.45 bits per heavy atom. The van der Waals surface area contributed by atoms with E-state index in [-0.39, 0.29) is 11.3 Å². The summed E-state index contributed by atoms with van der Waals surface area (Å²) in [7, 11) is 1.73. The molecule has 1 unspecified atom stereocenters. The molecule has 22 heavy (non-hydrogen) atoms. The number of methoxy groups -OCH3 is 1. The van der Waals surface area contributed by atoms with Gasteiger partial charge in [-0.1, -0.05) is 6.07 Å². The van der Waals surface area contributed by atoms with E-state index in [0.717, 1.165) is 38.2 Å². The Balaban J connectivity index is 1.92. The van der Waals surface area contributed by atoms with Gasteiger partial charge in [0.25, 0.3) is 0 Å². The molecule has 0 spiro atoms. The summed E-state index contributed by atoms with van der Waals surface area (Å²) in [4.78, 5) is 13.5. The number of phenols is 1. The van der Waals surface area contributed by atoms with Gasteiger partial charge in [-0.25, -0.2) is 4.79 Å². The van der Waals surface area contributed by atoms with E-state index in [1.165, 1.54) is 25.3 Å². The normalized spacial score (nSPS) is 19.2. The van der Waals surface area contributed by atoms with Gasteiger partial charge in [0.1, 0.15) is 11.3 Å². The Bertz CT molecular complexity index is 503. The zero-order chi connectivity index (χ0) is 15.9. The largest absolute Gasteiger partial charge is 0.507 e. The van der Waals surface area contributed by atoms with Crippen molar-refractivity contribution in [2.45, 2.75) is 32.2 Å². The molecule has 2 rings (SSSR count). The predicted octanol–water partition coefficient (Wildman–Crippen LogP) is 2.73. The average Bonchev–Trinajstić information content (AvgIpc) is 2.50. The lowest BCUT2D eigenvalue weighted by molar-refractivity contribution is 0.0693. The third-order valence-electron chi connectivity index (χ3n) is 4.26. The van der Waals surface area contributed by atoms with Crippen LogP contribution in [0.25, 0.3) is 0 Å². The van der Waals surface area contributed by atoms with Gasteiger partial charge in [-0.15, -0.1) is 0 Å². The Hall–Kier alpha value is -1.59. The van der Waals surface area contributed by atoms with Crippen molar-refractivity contribution < 1.29 is 19.7 Å². The minimum atomic E-state index is -1.09. The average molecular weight is 307 g/mol. The molecule has 122 valence electrons. The molecule has 0 saturated carbocycles. The second kappa shape index (κ2) is 8.15. The van der Waals surface area contributed by atoms with E-state index in [2.05, 4.69) is 4.90 Å². The molecule has 1 atom stereocenters. The predicted molar refractivity (Wildman–Crippen MR) is 84.2 cm³/mol. The molecule has 0 amide bonds. The number of carbonyl (C=O) groups is 1. The molecule has 1 saturated heterocycles. The van der Waals surface area contributed by atoms with Crippen LogP contribution in [0.3, 0.4) is 0 Å². The molecule has 0 aliphatic carbocycles. The molecule has 1 heterocycles. The molecular formula is C17H25NO4. The molecule has 1 aliphatic rings. The zero-order valence-electron chi connectivity index (χ0n) is 13.1. The molecular weight excluding hydrogens is 282 g/mol. The van der Waals surface area contributed by atoms with E-state index in [4.69, 9.17) is 9.84 Å². The van der Waals surface area contributed by atoms with Crippen LogP contribution in [-0.2, 0) is 11.3 Å². The van der Waals surface area contributed by atoms with Crippen molar-refractivity contribution in [1.82, 2.24) is 4.90 Å². The van der Waals surface area contributed by atoms with Crippen LogP contribution in [0.2, 0.25) is 0 Å². The highest BCUT2D eigenvalue weighted by Gasteiger charge is 2.20. The SMILES string of the molecule is COCCCC1CCCN(Cc2ccc(O)c(C(=O)O)c2)C1. The Morgan fingerprint density at radius 3 is 3.00 bits per heavy atom. The van der Waals surface area contributed by atoms with Crippen molar-refractivity contribution >= 4 is 5.97 Å². The van der Waals surface area contributed by atoms with E-state index in [0.29, 0.717) is 5.92 Å². The quantitative estimate of drug-likeness (QED) is 0.758. The van der Waals surface area contributed by atoms with Gasteiger partial charge in [0.05, 0.1) is 0 Å².